The van der Waals surface area contributed by atoms with Crippen LogP contribution in [0.25, 0.3) is 0 Å². The molecule has 0 saturated heterocycles. The van der Waals surface area contributed by atoms with Gasteiger partial charge in [-0.05, 0) is 25.0 Å². The number of fused-ring (bicyclic) bond motifs is 1. The van der Waals surface area contributed by atoms with Crippen molar-refractivity contribution >= 4 is 11.6 Å². The molecule has 2 rings (SSSR count). The van der Waals surface area contributed by atoms with Crippen molar-refractivity contribution < 1.29 is 9.53 Å². The molecule has 4 heteroatoms. The highest BCUT2D eigenvalue weighted by Gasteiger charge is 2.14. The van der Waals surface area contributed by atoms with Crippen LogP contribution in [0.2, 0.25) is 0 Å². The molecule has 1 heterocycles. The van der Waals surface area contributed by atoms with E-state index in [9.17, 15) is 4.79 Å². The summed E-state index contributed by atoms with van der Waals surface area (Å²) in [6, 6.07) is 5.38. The molecule has 1 amide bonds. The first-order valence-corrected chi connectivity index (χ1v) is 5.08. The van der Waals surface area contributed by atoms with Crippen LogP contribution in [0.1, 0.15) is 23.2 Å². The van der Waals surface area contributed by atoms with E-state index in [-0.39, 0.29) is 0 Å². The van der Waals surface area contributed by atoms with E-state index in [0.29, 0.717) is 17.9 Å². The summed E-state index contributed by atoms with van der Waals surface area (Å²) in [4.78, 5) is 11.2. The lowest BCUT2D eigenvalue weighted by atomic mass is 10.1. The molecule has 3 N–H and O–H groups in total. The maximum atomic E-state index is 11.2. The molecule has 0 aromatic heterocycles. The van der Waals surface area contributed by atoms with Crippen LogP contribution in [0.5, 0.6) is 5.75 Å². The normalized spacial score (nSPS) is 15.2. The molecule has 0 radical (unpaired) electrons. The lowest BCUT2D eigenvalue weighted by molar-refractivity contribution is 0.0996. The third-order valence-corrected chi connectivity index (χ3v) is 2.41. The molecule has 0 saturated carbocycles. The number of para-hydroxylation sites is 1. The Bertz CT molecular complexity index is 377. The topological polar surface area (TPSA) is 64.4 Å². The van der Waals surface area contributed by atoms with E-state index in [4.69, 9.17) is 10.5 Å². The number of rotatable bonds is 1. The standard InChI is InChI=1S/C11H14N2O2/c12-11(14)8-4-3-5-9-10(8)15-7-2-1-6-13-9/h3-5,13H,1-2,6-7H2,(H2,12,14). The van der Waals surface area contributed by atoms with Crippen LogP contribution >= 0.6 is 0 Å². The summed E-state index contributed by atoms with van der Waals surface area (Å²) >= 11 is 0. The maximum Gasteiger partial charge on any atom is 0.252 e. The molecule has 1 aliphatic heterocycles. The van der Waals surface area contributed by atoms with Gasteiger partial charge < -0.3 is 15.8 Å². The third-order valence-electron chi connectivity index (χ3n) is 2.41. The smallest absolute Gasteiger partial charge is 0.252 e. The summed E-state index contributed by atoms with van der Waals surface area (Å²) in [5, 5.41) is 3.23. The first kappa shape index (κ1) is 9.83. The van der Waals surface area contributed by atoms with Crippen molar-refractivity contribution in [3.8, 4) is 5.75 Å². The van der Waals surface area contributed by atoms with Crippen LogP contribution < -0.4 is 15.8 Å². The Morgan fingerprint density at radius 1 is 1.40 bits per heavy atom. The number of benzene rings is 1. The van der Waals surface area contributed by atoms with E-state index in [2.05, 4.69) is 5.32 Å². The summed E-state index contributed by atoms with van der Waals surface area (Å²) in [5.41, 5.74) is 6.58. The van der Waals surface area contributed by atoms with Crippen LogP contribution in [0.15, 0.2) is 18.2 Å². The van der Waals surface area contributed by atoms with Crippen LogP contribution in [-0.2, 0) is 0 Å². The van der Waals surface area contributed by atoms with E-state index in [1.165, 1.54) is 0 Å². The first-order chi connectivity index (χ1) is 7.29. The molecular weight excluding hydrogens is 192 g/mol. The van der Waals surface area contributed by atoms with Gasteiger partial charge >= 0.3 is 0 Å². The SMILES string of the molecule is NC(=O)c1cccc2c1OCCCCN2. The second-order valence-corrected chi connectivity index (χ2v) is 3.53. The number of ether oxygens (including phenoxy) is 1. The van der Waals surface area contributed by atoms with Crippen molar-refractivity contribution in [1.29, 1.82) is 0 Å². The minimum absolute atomic E-state index is 0.446. The number of carbonyl (C=O) groups excluding carboxylic acids is 1. The number of carbonyl (C=O) groups is 1. The van der Waals surface area contributed by atoms with Gasteiger partial charge in [0.2, 0.25) is 0 Å². The first-order valence-electron chi connectivity index (χ1n) is 5.08. The molecule has 80 valence electrons. The average Bonchev–Trinajstić information content (AvgIpc) is 2.17. The minimum Gasteiger partial charge on any atom is -0.491 e. The fourth-order valence-electron chi connectivity index (χ4n) is 1.65. The maximum absolute atomic E-state index is 11.2. The lowest BCUT2D eigenvalue weighted by Gasteiger charge is -2.18. The minimum atomic E-state index is -0.450. The quantitative estimate of drug-likeness (QED) is 0.729. The van der Waals surface area contributed by atoms with Gasteiger partial charge in [0.1, 0.15) is 0 Å². The van der Waals surface area contributed by atoms with E-state index >= 15 is 0 Å². The highest BCUT2D eigenvalue weighted by Crippen LogP contribution is 2.30. The number of primary amides is 1. The number of hydrogen-bond donors (Lipinski definition) is 2. The molecule has 0 unspecified atom stereocenters. The van der Waals surface area contributed by atoms with Gasteiger partial charge in [0.15, 0.2) is 5.75 Å². The van der Waals surface area contributed by atoms with E-state index < -0.39 is 5.91 Å². The fourth-order valence-corrected chi connectivity index (χ4v) is 1.65. The zero-order valence-corrected chi connectivity index (χ0v) is 8.45. The number of hydrogen-bond acceptors (Lipinski definition) is 3. The Kier molecular flexibility index (Phi) is 2.76. The molecule has 4 nitrogen and oxygen atoms in total. The zero-order valence-electron chi connectivity index (χ0n) is 8.45. The van der Waals surface area contributed by atoms with Crippen molar-refractivity contribution in [2.75, 3.05) is 18.5 Å². The highest BCUT2D eigenvalue weighted by atomic mass is 16.5. The average molecular weight is 206 g/mol. The van der Waals surface area contributed by atoms with E-state index in [0.717, 1.165) is 25.1 Å². The van der Waals surface area contributed by atoms with Crippen LogP contribution in [0, 0.1) is 0 Å². The Labute approximate surface area is 88.4 Å². The summed E-state index contributed by atoms with van der Waals surface area (Å²) in [6.07, 6.45) is 2.06. The van der Waals surface area contributed by atoms with Gasteiger partial charge in [-0.2, -0.15) is 0 Å². The van der Waals surface area contributed by atoms with Crippen LogP contribution in [0.4, 0.5) is 5.69 Å². The number of nitrogens with one attached hydrogen (secondary N) is 1. The molecule has 0 aliphatic carbocycles. The van der Waals surface area contributed by atoms with Gasteiger partial charge in [0.25, 0.3) is 5.91 Å². The summed E-state index contributed by atoms with van der Waals surface area (Å²) in [7, 11) is 0. The monoisotopic (exact) mass is 206 g/mol. The van der Waals surface area contributed by atoms with Gasteiger partial charge in [-0.25, -0.2) is 0 Å². The van der Waals surface area contributed by atoms with Crippen LogP contribution in [0.3, 0.4) is 0 Å². The Morgan fingerprint density at radius 3 is 3.07 bits per heavy atom. The molecule has 1 aromatic carbocycles. The van der Waals surface area contributed by atoms with Crippen LogP contribution in [-0.4, -0.2) is 19.1 Å². The second-order valence-electron chi connectivity index (χ2n) is 3.53. The van der Waals surface area contributed by atoms with Gasteiger partial charge in [-0.1, -0.05) is 6.07 Å². The third kappa shape index (κ3) is 2.03. The van der Waals surface area contributed by atoms with Crippen molar-refractivity contribution in [2.24, 2.45) is 5.73 Å². The Morgan fingerprint density at radius 2 is 2.27 bits per heavy atom. The van der Waals surface area contributed by atoms with Gasteiger partial charge in [-0.15, -0.1) is 0 Å². The molecule has 0 bridgehead atoms. The largest absolute Gasteiger partial charge is 0.491 e. The fraction of sp³-hybridized carbons (Fsp3) is 0.364. The van der Waals surface area contributed by atoms with E-state index in [1.807, 2.05) is 6.07 Å². The predicted molar refractivity (Wildman–Crippen MR) is 58.2 cm³/mol. The zero-order chi connectivity index (χ0) is 10.7. The molecule has 1 aliphatic rings. The molecular formula is C11H14N2O2. The molecule has 0 atom stereocenters. The van der Waals surface area contributed by atoms with Crippen molar-refractivity contribution in [3.63, 3.8) is 0 Å². The second kappa shape index (κ2) is 4.21. The summed E-state index contributed by atoms with van der Waals surface area (Å²) < 4.78 is 5.56. The van der Waals surface area contributed by atoms with Crippen molar-refractivity contribution in [3.05, 3.63) is 23.8 Å². The van der Waals surface area contributed by atoms with Crippen molar-refractivity contribution in [2.45, 2.75) is 12.8 Å². The molecule has 0 fully saturated rings. The lowest BCUT2D eigenvalue weighted by Crippen LogP contribution is -2.17. The summed E-state index contributed by atoms with van der Waals surface area (Å²) in [5.74, 6) is 0.138. The number of anilines is 1. The van der Waals surface area contributed by atoms with Gasteiger partial charge in [0, 0.05) is 6.54 Å². The molecule has 1 aromatic rings. The van der Waals surface area contributed by atoms with Gasteiger partial charge in [-0.3, -0.25) is 4.79 Å². The van der Waals surface area contributed by atoms with E-state index in [1.54, 1.807) is 12.1 Å². The molecule has 0 spiro atoms. The predicted octanol–water partition coefficient (Wildman–Crippen LogP) is 1.37. The Balaban J connectivity index is 2.41. The number of nitrogens with two attached hydrogens (primary N) is 1. The molecule has 15 heavy (non-hydrogen) atoms. The number of amides is 1. The summed E-state index contributed by atoms with van der Waals surface area (Å²) in [6.45, 7) is 1.54. The Hall–Kier alpha value is -1.71. The highest BCUT2D eigenvalue weighted by molar-refractivity contribution is 5.97. The van der Waals surface area contributed by atoms with Crippen molar-refractivity contribution in [1.82, 2.24) is 0 Å². The van der Waals surface area contributed by atoms with Gasteiger partial charge in [0.05, 0.1) is 17.9 Å².